The summed E-state index contributed by atoms with van der Waals surface area (Å²) in [4.78, 5) is 31.4. The Labute approximate surface area is 118 Å². The Morgan fingerprint density at radius 2 is 1.90 bits per heavy atom. The van der Waals surface area contributed by atoms with Crippen LogP contribution in [0.1, 0.15) is 25.5 Å². The minimum absolute atomic E-state index is 0.262. The molecule has 6 nitrogen and oxygen atoms in total. The minimum Gasteiger partial charge on any atom is -0.333 e. The number of hydrogen-bond acceptors (Lipinski definition) is 4. The van der Waals surface area contributed by atoms with Gasteiger partial charge in [0.1, 0.15) is 0 Å². The summed E-state index contributed by atoms with van der Waals surface area (Å²) in [5, 5.41) is 0. The Morgan fingerprint density at radius 1 is 1.25 bits per heavy atom. The van der Waals surface area contributed by atoms with Crippen molar-refractivity contribution in [3.05, 3.63) is 30.1 Å². The molecule has 2 heterocycles. The number of carbonyl (C=O) groups excluding carboxylic acids is 2. The third-order valence-corrected chi connectivity index (χ3v) is 3.61. The molecule has 0 aliphatic carbocycles. The molecule has 1 fully saturated rings. The van der Waals surface area contributed by atoms with Gasteiger partial charge in [-0.2, -0.15) is 0 Å². The van der Waals surface area contributed by atoms with Crippen molar-refractivity contribution in [2.24, 2.45) is 5.73 Å². The van der Waals surface area contributed by atoms with Gasteiger partial charge in [-0.3, -0.25) is 14.6 Å². The number of rotatable bonds is 4. The number of piperazine rings is 1. The predicted octanol–water partition coefficient (Wildman–Crippen LogP) is 0.161. The first kappa shape index (κ1) is 14.5. The molecule has 1 aliphatic heterocycles. The molecule has 0 spiro atoms. The van der Waals surface area contributed by atoms with Crippen molar-refractivity contribution in [2.45, 2.75) is 25.9 Å². The van der Waals surface area contributed by atoms with Crippen molar-refractivity contribution in [2.75, 3.05) is 19.6 Å². The highest BCUT2D eigenvalue weighted by atomic mass is 16.2. The third kappa shape index (κ3) is 2.65. The van der Waals surface area contributed by atoms with Gasteiger partial charge in [0, 0.05) is 38.1 Å². The molecule has 2 atom stereocenters. The van der Waals surface area contributed by atoms with Gasteiger partial charge in [0.05, 0.1) is 6.04 Å². The summed E-state index contributed by atoms with van der Waals surface area (Å²) in [6.07, 6.45) is 3.33. The number of hydrogen-bond donors (Lipinski definition) is 1. The van der Waals surface area contributed by atoms with Crippen LogP contribution < -0.4 is 5.73 Å². The monoisotopic (exact) mass is 276 g/mol. The zero-order valence-electron chi connectivity index (χ0n) is 11.8. The van der Waals surface area contributed by atoms with Crippen LogP contribution in [0.25, 0.3) is 0 Å². The van der Waals surface area contributed by atoms with Crippen molar-refractivity contribution in [3.63, 3.8) is 0 Å². The lowest BCUT2D eigenvalue weighted by molar-refractivity contribution is -0.158. The normalized spacial score (nSPS) is 19.1. The van der Waals surface area contributed by atoms with Gasteiger partial charge < -0.3 is 15.5 Å². The van der Waals surface area contributed by atoms with E-state index in [9.17, 15) is 9.59 Å². The van der Waals surface area contributed by atoms with Crippen molar-refractivity contribution in [1.29, 1.82) is 0 Å². The molecule has 2 amide bonds. The number of nitrogens with two attached hydrogens (primary N) is 1. The smallest absolute Gasteiger partial charge is 0.312 e. The lowest BCUT2D eigenvalue weighted by atomic mass is 9.99. The van der Waals surface area contributed by atoms with Crippen LogP contribution in [0.2, 0.25) is 0 Å². The number of aromatic nitrogens is 1. The van der Waals surface area contributed by atoms with Crippen LogP contribution in [0, 0.1) is 0 Å². The molecule has 1 aliphatic rings. The number of carbonyl (C=O) groups is 2. The molecule has 1 saturated heterocycles. The van der Waals surface area contributed by atoms with E-state index in [1.54, 1.807) is 22.2 Å². The lowest BCUT2D eigenvalue weighted by Gasteiger charge is -2.39. The quantitative estimate of drug-likeness (QED) is 0.795. The van der Waals surface area contributed by atoms with Gasteiger partial charge in [-0.25, -0.2) is 0 Å². The molecular weight excluding hydrogens is 256 g/mol. The summed E-state index contributed by atoms with van der Waals surface area (Å²) < 4.78 is 0. The molecule has 0 saturated carbocycles. The molecule has 1 aromatic rings. The Bertz CT molecular complexity index is 489. The first-order valence-corrected chi connectivity index (χ1v) is 6.81. The van der Waals surface area contributed by atoms with E-state index in [0.717, 1.165) is 5.56 Å². The standard InChI is InChI=1S/C14H20N4O2/c1-3-17-8-9-18(14(20)13(17)19)12(10(2)15)11-4-6-16-7-5-11/h4-7,10,12H,3,8-9,15H2,1-2H3. The highest BCUT2D eigenvalue weighted by Crippen LogP contribution is 2.25. The fraction of sp³-hybridized carbons (Fsp3) is 0.500. The maximum atomic E-state index is 12.3. The highest BCUT2D eigenvalue weighted by Gasteiger charge is 2.37. The number of likely N-dealkylation sites (N-methyl/N-ethyl adjacent to an activating group) is 1. The second kappa shape index (κ2) is 6.00. The Hall–Kier alpha value is -1.95. The van der Waals surface area contributed by atoms with Crippen LogP contribution in [0.5, 0.6) is 0 Å². The van der Waals surface area contributed by atoms with E-state index < -0.39 is 11.8 Å². The van der Waals surface area contributed by atoms with Crippen molar-refractivity contribution >= 4 is 11.8 Å². The van der Waals surface area contributed by atoms with E-state index in [0.29, 0.717) is 19.6 Å². The van der Waals surface area contributed by atoms with Gasteiger partial charge in [-0.05, 0) is 31.5 Å². The van der Waals surface area contributed by atoms with E-state index in [2.05, 4.69) is 4.98 Å². The Balaban J connectivity index is 2.28. The molecule has 2 rings (SSSR count). The van der Waals surface area contributed by atoms with E-state index >= 15 is 0 Å². The first-order valence-electron chi connectivity index (χ1n) is 6.81. The number of nitrogens with zero attached hydrogens (tertiary/aromatic N) is 3. The van der Waals surface area contributed by atoms with Crippen LogP contribution >= 0.6 is 0 Å². The topological polar surface area (TPSA) is 79.5 Å². The van der Waals surface area contributed by atoms with E-state index in [1.165, 1.54) is 0 Å². The summed E-state index contributed by atoms with van der Waals surface area (Å²) in [5.74, 6) is -0.921. The number of pyridine rings is 1. The molecule has 6 heteroatoms. The van der Waals surface area contributed by atoms with Gasteiger partial charge in [-0.1, -0.05) is 0 Å². The average Bonchev–Trinajstić information content (AvgIpc) is 2.45. The van der Waals surface area contributed by atoms with Gasteiger partial charge in [0.15, 0.2) is 0 Å². The molecular formula is C14H20N4O2. The molecule has 1 aromatic heterocycles. The van der Waals surface area contributed by atoms with Crippen LogP contribution in [0.15, 0.2) is 24.5 Å². The van der Waals surface area contributed by atoms with Crippen molar-refractivity contribution in [1.82, 2.24) is 14.8 Å². The largest absolute Gasteiger partial charge is 0.333 e. The predicted molar refractivity (Wildman–Crippen MR) is 74.6 cm³/mol. The second-order valence-electron chi connectivity index (χ2n) is 4.97. The molecule has 0 bridgehead atoms. The van der Waals surface area contributed by atoms with Gasteiger partial charge >= 0.3 is 11.8 Å². The third-order valence-electron chi connectivity index (χ3n) is 3.61. The van der Waals surface area contributed by atoms with Crippen molar-refractivity contribution in [3.8, 4) is 0 Å². The van der Waals surface area contributed by atoms with Gasteiger partial charge in [0.25, 0.3) is 0 Å². The highest BCUT2D eigenvalue weighted by molar-refractivity contribution is 6.35. The van der Waals surface area contributed by atoms with Gasteiger partial charge in [0.2, 0.25) is 0 Å². The molecule has 20 heavy (non-hydrogen) atoms. The SMILES string of the molecule is CCN1CCN(C(c2ccncc2)C(C)N)C(=O)C1=O. The van der Waals surface area contributed by atoms with E-state index in [4.69, 9.17) is 5.73 Å². The summed E-state index contributed by atoms with van der Waals surface area (Å²) in [5.41, 5.74) is 6.94. The van der Waals surface area contributed by atoms with Crippen LogP contribution in [-0.4, -0.2) is 52.3 Å². The summed E-state index contributed by atoms with van der Waals surface area (Å²) in [6.45, 7) is 5.32. The average molecular weight is 276 g/mol. The van der Waals surface area contributed by atoms with Crippen LogP contribution in [0.4, 0.5) is 0 Å². The summed E-state index contributed by atoms with van der Waals surface area (Å²) in [6, 6.07) is 3.10. The molecule has 2 unspecified atom stereocenters. The van der Waals surface area contributed by atoms with Gasteiger partial charge in [-0.15, -0.1) is 0 Å². The Kier molecular flexibility index (Phi) is 4.34. The Morgan fingerprint density at radius 3 is 2.45 bits per heavy atom. The summed E-state index contributed by atoms with van der Waals surface area (Å²) in [7, 11) is 0. The van der Waals surface area contributed by atoms with Crippen LogP contribution in [0.3, 0.4) is 0 Å². The fourth-order valence-corrected chi connectivity index (χ4v) is 2.58. The lowest BCUT2D eigenvalue weighted by Crippen LogP contribution is -2.57. The fourth-order valence-electron chi connectivity index (χ4n) is 2.58. The van der Waals surface area contributed by atoms with Crippen LogP contribution in [-0.2, 0) is 9.59 Å². The molecule has 108 valence electrons. The first-order chi connectivity index (χ1) is 9.56. The maximum absolute atomic E-state index is 12.3. The van der Waals surface area contributed by atoms with E-state index in [1.807, 2.05) is 26.0 Å². The molecule has 0 radical (unpaired) electrons. The zero-order chi connectivity index (χ0) is 14.7. The summed E-state index contributed by atoms with van der Waals surface area (Å²) >= 11 is 0. The number of amides is 2. The molecule has 2 N–H and O–H groups in total. The minimum atomic E-state index is -0.475. The maximum Gasteiger partial charge on any atom is 0.312 e. The zero-order valence-corrected chi connectivity index (χ0v) is 11.8. The van der Waals surface area contributed by atoms with E-state index in [-0.39, 0.29) is 12.1 Å². The second-order valence-corrected chi connectivity index (χ2v) is 4.97. The molecule has 0 aromatic carbocycles. The van der Waals surface area contributed by atoms with Crippen molar-refractivity contribution < 1.29 is 9.59 Å².